The third kappa shape index (κ3) is 4.71. The fourth-order valence-corrected chi connectivity index (χ4v) is 5.16. The lowest BCUT2D eigenvalue weighted by Gasteiger charge is -2.18. The Balaban J connectivity index is 1.23. The van der Waals surface area contributed by atoms with Gasteiger partial charge in [0.25, 0.3) is 0 Å². The Bertz CT molecular complexity index is 1270. The number of rotatable bonds is 7. The van der Waals surface area contributed by atoms with Crippen LogP contribution in [0.25, 0.3) is 11.0 Å². The number of amides is 2. The van der Waals surface area contributed by atoms with Crippen LogP contribution in [0.5, 0.6) is 0 Å². The quantitative estimate of drug-likeness (QED) is 0.399. The number of carbonyl (C=O) groups is 2. The summed E-state index contributed by atoms with van der Waals surface area (Å²) in [5.74, 6) is 0.481. The monoisotopic (exact) mass is 493 g/mol. The van der Waals surface area contributed by atoms with Crippen molar-refractivity contribution in [1.82, 2.24) is 25.1 Å². The molecule has 0 bridgehead atoms. The van der Waals surface area contributed by atoms with Crippen LogP contribution in [0.4, 0.5) is 11.5 Å². The van der Waals surface area contributed by atoms with Crippen LogP contribution in [0.3, 0.4) is 0 Å². The third-order valence-electron chi connectivity index (χ3n) is 6.96. The zero-order chi connectivity index (χ0) is 24.5. The molecule has 2 aliphatic rings. The number of aromatic nitrogens is 4. The lowest BCUT2D eigenvalue weighted by atomic mass is 10.1. The predicted molar refractivity (Wildman–Crippen MR) is 138 cm³/mol. The van der Waals surface area contributed by atoms with E-state index >= 15 is 0 Å². The van der Waals surface area contributed by atoms with Crippen molar-refractivity contribution in [2.24, 2.45) is 5.92 Å². The van der Waals surface area contributed by atoms with Gasteiger partial charge in [0.1, 0.15) is 5.82 Å². The van der Waals surface area contributed by atoms with Crippen LogP contribution in [-0.4, -0.2) is 64.0 Å². The highest BCUT2D eigenvalue weighted by Gasteiger charge is 2.35. The van der Waals surface area contributed by atoms with Crippen LogP contribution in [0.1, 0.15) is 30.4 Å². The lowest BCUT2D eigenvalue weighted by molar-refractivity contribution is -0.126. The van der Waals surface area contributed by atoms with E-state index in [1.54, 1.807) is 4.90 Å². The van der Waals surface area contributed by atoms with Crippen molar-refractivity contribution >= 4 is 46.1 Å². The summed E-state index contributed by atoms with van der Waals surface area (Å²) in [6, 6.07) is 5.98. The molecule has 0 saturated carbocycles. The van der Waals surface area contributed by atoms with E-state index in [0.29, 0.717) is 19.6 Å². The van der Waals surface area contributed by atoms with Gasteiger partial charge in [-0.25, -0.2) is 14.6 Å². The topological polar surface area (TPSA) is 96.2 Å². The van der Waals surface area contributed by atoms with Crippen LogP contribution in [-0.2, 0) is 16.1 Å². The summed E-state index contributed by atoms with van der Waals surface area (Å²) in [6.07, 6.45) is 6.37. The fraction of sp³-hybridized carbons (Fsp3) is 0.480. The van der Waals surface area contributed by atoms with E-state index in [2.05, 4.69) is 20.3 Å². The standard InChI is InChI=1S/C25H31N7O2S/c1-16-6-7-19(12-17(16)2)31-15-18(13-21(31)33)24(34)26-8-11-32-23-20(14-27-32)22(28-25(29-23)35-3)30-9-4-5-10-30/h6-7,12,14,18H,4-5,8-11,13,15H2,1-3H3,(H,26,34). The van der Waals surface area contributed by atoms with E-state index in [4.69, 9.17) is 4.98 Å². The van der Waals surface area contributed by atoms with E-state index < -0.39 is 0 Å². The summed E-state index contributed by atoms with van der Waals surface area (Å²) in [5.41, 5.74) is 3.96. The summed E-state index contributed by atoms with van der Waals surface area (Å²) in [7, 11) is 0. The first-order valence-corrected chi connectivity index (χ1v) is 13.3. The maximum atomic E-state index is 12.9. The SMILES string of the molecule is CSc1nc(N2CCCC2)c2cnn(CCNC(=O)C3CC(=O)N(c4ccc(C)c(C)c4)C3)c2n1. The van der Waals surface area contributed by atoms with E-state index in [9.17, 15) is 9.59 Å². The molecule has 1 unspecified atom stereocenters. The maximum Gasteiger partial charge on any atom is 0.227 e. The van der Waals surface area contributed by atoms with Crippen LogP contribution in [0.15, 0.2) is 29.6 Å². The number of nitrogens with zero attached hydrogens (tertiary/aromatic N) is 6. The van der Waals surface area contributed by atoms with Crippen molar-refractivity contribution in [2.45, 2.75) is 44.8 Å². The molecule has 10 heteroatoms. The number of fused-ring (bicyclic) bond motifs is 1. The van der Waals surface area contributed by atoms with Gasteiger partial charge < -0.3 is 15.1 Å². The second-order valence-electron chi connectivity index (χ2n) is 9.30. The zero-order valence-corrected chi connectivity index (χ0v) is 21.3. The average Bonchev–Trinajstić information content (AvgIpc) is 3.61. The third-order valence-corrected chi connectivity index (χ3v) is 7.51. The second-order valence-corrected chi connectivity index (χ2v) is 10.1. The molecule has 1 N–H and O–H groups in total. The van der Waals surface area contributed by atoms with Crippen LogP contribution < -0.4 is 15.1 Å². The minimum Gasteiger partial charge on any atom is -0.356 e. The molecular formula is C25H31N7O2S. The molecule has 0 radical (unpaired) electrons. The molecule has 35 heavy (non-hydrogen) atoms. The molecule has 0 spiro atoms. The first-order chi connectivity index (χ1) is 16.9. The Kier molecular flexibility index (Phi) is 6.64. The molecule has 2 fully saturated rings. The molecule has 2 saturated heterocycles. The number of hydrogen-bond donors (Lipinski definition) is 1. The summed E-state index contributed by atoms with van der Waals surface area (Å²) in [5, 5.41) is 9.21. The molecule has 0 aliphatic carbocycles. The van der Waals surface area contributed by atoms with Crippen molar-refractivity contribution in [3.05, 3.63) is 35.5 Å². The Morgan fingerprint density at radius 3 is 2.71 bits per heavy atom. The van der Waals surface area contributed by atoms with Crippen LogP contribution >= 0.6 is 11.8 Å². The average molecular weight is 494 g/mol. The van der Waals surface area contributed by atoms with E-state index in [-0.39, 0.29) is 24.2 Å². The summed E-state index contributed by atoms with van der Waals surface area (Å²) in [4.78, 5) is 38.9. The molecule has 2 aromatic heterocycles. The summed E-state index contributed by atoms with van der Waals surface area (Å²) >= 11 is 1.52. The normalized spacial score (nSPS) is 18.1. The highest BCUT2D eigenvalue weighted by atomic mass is 32.2. The molecule has 1 aromatic carbocycles. The molecule has 1 atom stereocenters. The molecule has 2 amide bonds. The molecular weight excluding hydrogens is 462 g/mol. The van der Waals surface area contributed by atoms with Gasteiger partial charge in [-0.3, -0.25) is 9.59 Å². The van der Waals surface area contributed by atoms with E-state index in [0.717, 1.165) is 46.3 Å². The number of carbonyl (C=O) groups excluding carboxylic acids is 2. The van der Waals surface area contributed by atoms with Gasteiger partial charge >= 0.3 is 0 Å². The van der Waals surface area contributed by atoms with Gasteiger partial charge in [-0.1, -0.05) is 17.8 Å². The first-order valence-electron chi connectivity index (χ1n) is 12.1. The number of benzene rings is 1. The van der Waals surface area contributed by atoms with Crippen molar-refractivity contribution < 1.29 is 9.59 Å². The Hall–Kier alpha value is -3.14. The number of aryl methyl sites for hydroxylation is 2. The highest BCUT2D eigenvalue weighted by Crippen LogP contribution is 2.29. The number of nitrogens with one attached hydrogen (secondary N) is 1. The maximum absolute atomic E-state index is 12.9. The van der Waals surface area contributed by atoms with E-state index in [1.807, 2.05) is 49.2 Å². The van der Waals surface area contributed by atoms with Gasteiger partial charge in [-0.05, 0) is 56.2 Å². The minimum atomic E-state index is -0.356. The van der Waals surface area contributed by atoms with Crippen LogP contribution in [0.2, 0.25) is 0 Å². The summed E-state index contributed by atoms with van der Waals surface area (Å²) in [6.45, 7) is 7.40. The van der Waals surface area contributed by atoms with Gasteiger partial charge in [-0.15, -0.1) is 0 Å². The predicted octanol–water partition coefficient (Wildman–Crippen LogP) is 2.93. The van der Waals surface area contributed by atoms with Crippen molar-refractivity contribution in [2.75, 3.05) is 42.2 Å². The number of anilines is 2. The molecule has 184 valence electrons. The second kappa shape index (κ2) is 9.85. The Morgan fingerprint density at radius 2 is 1.97 bits per heavy atom. The van der Waals surface area contributed by atoms with E-state index in [1.165, 1.54) is 30.2 Å². The smallest absolute Gasteiger partial charge is 0.227 e. The molecule has 5 rings (SSSR count). The van der Waals surface area contributed by atoms with Gasteiger partial charge in [0.15, 0.2) is 10.8 Å². The number of hydrogen-bond acceptors (Lipinski definition) is 7. The molecule has 9 nitrogen and oxygen atoms in total. The molecule has 3 aromatic rings. The first kappa shape index (κ1) is 23.6. The number of thioether (sulfide) groups is 1. The van der Waals surface area contributed by atoms with Gasteiger partial charge in [0.05, 0.1) is 24.0 Å². The highest BCUT2D eigenvalue weighted by molar-refractivity contribution is 7.98. The summed E-state index contributed by atoms with van der Waals surface area (Å²) < 4.78 is 1.83. The zero-order valence-electron chi connectivity index (χ0n) is 20.5. The van der Waals surface area contributed by atoms with Gasteiger partial charge in [-0.2, -0.15) is 5.10 Å². The lowest BCUT2D eigenvalue weighted by Crippen LogP contribution is -2.35. The van der Waals surface area contributed by atoms with Crippen molar-refractivity contribution in [3.63, 3.8) is 0 Å². The van der Waals surface area contributed by atoms with Gasteiger partial charge in [0, 0.05) is 38.3 Å². The van der Waals surface area contributed by atoms with Gasteiger partial charge in [0.2, 0.25) is 11.8 Å². The Morgan fingerprint density at radius 1 is 1.17 bits per heavy atom. The Labute approximate surface area is 209 Å². The van der Waals surface area contributed by atoms with Crippen LogP contribution in [0, 0.1) is 19.8 Å². The fourth-order valence-electron chi connectivity index (χ4n) is 4.80. The molecule has 4 heterocycles. The molecule has 2 aliphatic heterocycles. The minimum absolute atomic E-state index is 0.0118. The van der Waals surface area contributed by atoms with Crippen molar-refractivity contribution in [1.29, 1.82) is 0 Å². The van der Waals surface area contributed by atoms with Crippen molar-refractivity contribution in [3.8, 4) is 0 Å². The largest absolute Gasteiger partial charge is 0.356 e.